The molecule has 1 aliphatic heterocycles. The van der Waals surface area contributed by atoms with Gasteiger partial charge >= 0.3 is 5.97 Å². The van der Waals surface area contributed by atoms with Crippen LogP contribution in [0.1, 0.15) is 24.2 Å². The van der Waals surface area contributed by atoms with E-state index < -0.39 is 0 Å². The van der Waals surface area contributed by atoms with Crippen molar-refractivity contribution in [1.29, 1.82) is 0 Å². The van der Waals surface area contributed by atoms with Crippen molar-refractivity contribution in [2.75, 3.05) is 49.5 Å². The summed E-state index contributed by atoms with van der Waals surface area (Å²) in [6, 6.07) is 15.9. The van der Waals surface area contributed by atoms with Crippen LogP contribution in [0.2, 0.25) is 0 Å². The first-order valence-electron chi connectivity index (χ1n) is 12.0. The highest BCUT2D eigenvalue weighted by atomic mass is 32.1. The Labute approximate surface area is 209 Å². The van der Waals surface area contributed by atoms with Gasteiger partial charge in [-0.25, -0.2) is 14.8 Å². The molecule has 0 bridgehead atoms. The summed E-state index contributed by atoms with van der Waals surface area (Å²) in [7, 11) is 0. The Balaban J connectivity index is 1.34. The van der Waals surface area contributed by atoms with E-state index in [9.17, 15) is 4.79 Å². The third kappa shape index (κ3) is 5.13. The molecule has 2 aromatic heterocycles. The lowest BCUT2D eigenvalue weighted by Gasteiger charge is -2.35. The number of carbonyl (C=O) groups is 1. The molecule has 8 heteroatoms. The van der Waals surface area contributed by atoms with Crippen molar-refractivity contribution in [3.8, 4) is 11.1 Å². The lowest BCUT2D eigenvalue weighted by atomic mass is 10.0. The Hall–Kier alpha value is -3.49. The van der Waals surface area contributed by atoms with E-state index >= 15 is 0 Å². The molecular formula is C27H29N5O2S. The molecule has 0 unspecified atom stereocenters. The van der Waals surface area contributed by atoms with Gasteiger partial charge in [-0.1, -0.05) is 19.1 Å². The minimum atomic E-state index is -0.318. The fraction of sp³-hybridized carbons (Fsp3) is 0.296. The zero-order chi connectivity index (χ0) is 24.2. The Morgan fingerprint density at radius 2 is 1.89 bits per heavy atom. The predicted molar refractivity (Wildman–Crippen MR) is 143 cm³/mol. The van der Waals surface area contributed by atoms with Crippen molar-refractivity contribution in [3.05, 3.63) is 65.7 Å². The zero-order valence-corrected chi connectivity index (χ0v) is 20.8. The number of thiophene rings is 1. The molecule has 1 saturated heterocycles. The van der Waals surface area contributed by atoms with Crippen LogP contribution in [0, 0.1) is 0 Å². The van der Waals surface area contributed by atoms with Crippen LogP contribution in [0.3, 0.4) is 0 Å². The predicted octanol–water partition coefficient (Wildman–Crippen LogP) is 5.42. The summed E-state index contributed by atoms with van der Waals surface area (Å²) in [4.78, 5) is 26.4. The van der Waals surface area contributed by atoms with Gasteiger partial charge < -0.3 is 19.9 Å². The Bertz CT molecular complexity index is 1310. The van der Waals surface area contributed by atoms with Crippen molar-refractivity contribution in [3.63, 3.8) is 0 Å². The third-order valence-electron chi connectivity index (χ3n) is 6.31. The normalized spacial score (nSPS) is 14.3. The molecule has 3 heterocycles. The van der Waals surface area contributed by atoms with Gasteiger partial charge in [0.25, 0.3) is 0 Å². The van der Waals surface area contributed by atoms with E-state index in [-0.39, 0.29) is 5.97 Å². The number of fused-ring (bicyclic) bond motifs is 1. The molecule has 7 nitrogen and oxygen atoms in total. The Morgan fingerprint density at radius 1 is 1.09 bits per heavy atom. The van der Waals surface area contributed by atoms with Gasteiger partial charge in [-0.3, -0.25) is 0 Å². The van der Waals surface area contributed by atoms with Gasteiger partial charge in [0.2, 0.25) is 5.95 Å². The number of likely N-dealkylation sites (N-methyl/N-ethyl adjacent to an activating group) is 1. The second-order valence-corrected chi connectivity index (χ2v) is 9.36. The summed E-state index contributed by atoms with van der Waals surface area (Å²) >= 11 is 1.59. The fourth-order valence-corrected chi connectivity index (χ4v) is 5.20. The third-order valence-corrected chi connectivity index (χ3v) is 7.21. The molecule has 180 valence electrons. The smallest absolute Gasteiger partial charge is 0.338 e. The summed E-state index contributed by atoms with van der Waals surface area (Å²) in [5.74, 6) is 0.226. The average molecular weight is 488 g/mol. The molecule has 0 aliphatic carbocycles. The van der Waals surface area contributed by atoms with Crippen LogP contribution >= 0.6 is 11.3 Å². The van der Waals surface area contributed by atoms with Gasteiger partial charge in [0.15, 0.2) is 0 Å². The number of aromatic nitrogens is 2. The first-order valence-corrected chi connectivity index (χ1v) is 12.9. The molecule has 1 N–H and O–H groups in total. The zero-order valence-electron chi connectivity index (χ0n) is 20.0. The van der Waals surface area contributed by atoms with E-state index in [0.717, 1.165) is 59.8 Å². The van der Waals surface area contributed by atoms with Gasteiger partial charge in [-0.15, -0.1) is 11.3 Å². The number of rotatable bonds is 7. The number of hydrogen-bond donors (Lipinski definition) is 1. The van der Waals surface area contributed by atoms with E-state index in [4.69, 9.17) is 9.72 Å². The van der Waals surface area contributed by atoms with Crippen LogP contribution in [0.15, 0.2) is 60.1 Å². The molecule has 0 amide bonds. The van der Waals surface area contributed by atoms with Crippen LogP contribution in [0.5, 0.6) is 0 Å². The minimum absolute atomic E-state index is 0.318. The summed E-state index contributed by atoms with van der Waals surface area (Å²) in [5, 5.41) is 5.39. The van der Waals surface area contributed by atoms with Crippen molar-refractivity contribution in [1.82, 2.24) is 14.9 Å². The van der Waals surface area contributed by atoms with Gasteiger partial charge in [-0.2, -0.15) is 0 Å². The topological polar surface area (TPSA) is 70.6 Å². The van der Waals surface area contributed by atoms with E-state index in [0.29, 0.717) is 18.1 Å². The Kier molecular flexibility index (Phi) is 6.92. The maximum atomic E-state index is 12.2. The van der Waals surface area contributed by atoms with Crippen molar-refractivity contribution >= 4 is 44.8 Å². The van der Waals surface area contributed by atoms with Gasteiger partial charge in [0.1, 0.15) is 0 Å². The monoisotopic (exact) mass is 487 g/mol. The van der Waals surface area contributed by atoms with Crippen molar-refractivity contribution in [2.45, 2.75) is 13.8 Å². The summed E-state index contributed by atoms with van der Waals surface area (Å²) in [6.07, 6.45) is 1.84. The lowest BCUT2D eigenvalue weighted by molar-refractivity contribution is 0.0526. The standard InChI is InChI=1S/C27H29N5O2S/c1-3-31-12-14-32(15-13-31)22-10-8-21(9-11-22)29-27-28-17-24-25(30-27)23(18-35-24)19-6-5-7-20(16-19)26(33)34-4-2/h5-11,16-18H,3-4,12-15H2,1-2H3,(H,28,29,30). The van der Waals surface area contributed by atoms with Crippen molar-refractivity contribution in [2.24, 2.45) is 0 Å². The van der Waals surface area contributed by atoms with Gasteiger partial charge in [-0.05, 0) is 55.4 Å². The number of esters is 1. The molecule has 35 heavy (non-hydrogen) atoms. The molecule has 2 aromatic carbocycles. The highest BCUT2D eigenvalue weighted by Gasteiger charge is 2.16. The fourth-order valence-electron chi connectivity index (χ4n) is 4.33. The number of nitrogens with one attached hydrogen (secondary N) is 1. The molecule has 5 rings (SSSR count). The number of ether oxygens (including phenoxy) is 1. The number of carbonyl (C=O) groups excluding carboxylic acids is 1. The number of benzene rings is 2. The summed E-state index contributed by atoms with van der Waals surface area (Å²) < 4.78 is 6.15. The lowest BCUT2D eigenvalue weighted by Crippen LogP contribution is -2.46. The maximum Gasteiger partial charge on any atom is 0.338 e. The average Bonchev–Trinajstić information content (AvgIpc) is 3.33. The number of nitrogens with zero attached hydrogens (tertiary/aromatic N) is 4. The van der Waals surface area contributed by atoms with Gasteiger partial charge in [0.05, 0.1) is 28.6 Å². The van der Waals surface area contributed by atoms with Crippen LogP contribution in [0.25, 0.3) is 21.3 Å². The highest BCUT2D eigenvalue weighted by molar-refractivity contribution is 7.17. The molecule has 0 saturated carbocycles. The Morgan fingerprint density at radius 3 is 2.63 bits per heavy atom. The van der Waals surface area contributed by atoms with Crippen LogP contribution in [0.4, 0.5) is 17.3 Å². The number of hydrogen-bond acceptors (Lipinski definition) is 8. The second kappa shape index (κ2) is 10.4. The van der Waals surface area contributed by atoms with E-state index in [1.807, 2.05) is 24.4 Å². The molecule has 1 aliphatic rings. The molecule has 1 fully saturated rings. The maximum absolute atomic E-state index is 12.2. The molecule has 0 spiro atoms. The van der Waals surface area contributed by atoms with E-state index in [1.165, 1.54) is 5.69 Å². The number of anilines is 3. The molecular weight excluding hydrogens is 458 g/mol. The highest BCUT2D eigenvalue weighted by Crippen LogP contribution is 2.34. The van der Waals surface area contributed by atoms with E-state index in [2.05, 4.69) is 56.7 Å². The quantitative estimate of drug-likeness (QED) is 0.349. The molecule has 0 radical (unpaired) electrons. The molecule has 4 aromatic rings. The van der Waals surface area contributed by atoms with Crippen molar-refractivity contribution < 1.29 is 9.53 Å². The summed E-state index contributed by atoms with van der Waals surface area (Å²) in [6.45, 7) is 9.81. The first-order chi connectivity index (χ1) is 17.1. The second-order valence-electron chi connectivity index (χ2n) is 8.45. The first kappa shape index (κ1) is 23.3. The summed E-state index contributed by atoms with van der Waals surface area (Å²) in [5.41, 5.74) is 5.49. The van der Waals surface area contributed by atoms with Gasteiger partial charge in [0, 0.05) is 48.5 Å². The number of piperazine rings is 1. The van der Waals surface area contributed by atoms with Crippen LogP contribution in [-0.2, 0) is 4.74 Å². The minimum Gasteiger partial charge on any atom is -0.462 e. The van der Waals surface area contributed by atoms with E-state index in [1.54, 1.807) is 24.3 Å². The SMILES string of the molecule is CCOC(=O)c1cccc(-c2csc3cnc(Nc4ccc(N5CCN(CC)CC5)cc4)nc23)c1. The largest absolute Gasteiger partial charge is 0.462 e. The van der Waals surface area contributed by atoms with Crippen LogP contribution in [-0.4, -0.2) is 60.2 Å². The molecule has 0 atom stereocenters. The van der Waals surface area contributed by atoms with Crippen LogP contribution < -0.4 is 10.2 Å².